The van der Waals surface area contributed by atoms with E-state index >= 15 is 0 Å². The molecule has 1 aromatic heterocycles. The second kappa shape index (κ2) is 8.70. The highest BCUT2D eigenvalue weighted by molar-refractivity contribution is 7.90. The second-order valence-corrected chi connectivity index (χ2v) is 9.70. The summed E-state index contributed by atoms with van der Waals surface area (Å²) >= 11 is 6.05. The Kier molecular flexibility index (Phi) is 5.94. The van der Waals surface area contributed by atoms with Crippen LogP contribution in [0.4, 0.5) is 10.5 Å². The molecule has 4 rings (SSSR count). The van der Waals surface area contributed by atoms with E-state index < -0.39 is 15.9 Å². The smallest absolute Gasteiger partial charge is 0.343 e. The number of hydroxylamine groups is 1. The molecule has 0 radical (unpaired) electrons. The molecule has 8 nitrogen and oxygen atoms in total. The van der Waals surface area contributed by atoms with Crippen molar-refractivity contribution in [3.05, 3.63) is 84.0 Å². The summed E-state index contributed by atoms with van der Waals surface area (Å²) in [7, 11) is -3.53. The number of urea groups is 1. The Hall–Kier alpha value is -3.66. The number of primary amides is 1. The van der Waals surface area contributed by atoms with Crippen LogP contribution in [0.5, 0.6) is 0 Å². The van der Waals surface area contributed by atoms with Gasteiger partial charge in [0.2, 0.25) is 0 Å². The molecule has 0 aliphatic carbocycles. The van der Waals surface area contributed by atoms with Gasteiger partial charge in [-0.05, 0) is 42.0 Å². The summed E-state index contributed by atoms with van der Waals surface area (Å²) in [4.78, 5) is 11.5. The number of hydrogen-bond donors (Lipinski definition) is 2. The van der Waals surface area contributed by atoms with Gasteiger partial charge in [-0.15, -0.1) is 0 Å². The molecule has 0 bridgehead atoms. The minimum atomic E-state index is -3.53. The number of carbonyl (C=O) groups excluding carboxylic acids is 1. The molecule has 0 saturated carbocycles. The molecule has 1 heterocycles. The lowest BCUT2D eigenvalue weighted by Crippen LogP contribution is -2.32. The standard InChI is InChI=1S/C23H19ClN4O4S/c1-33(31,32)21-8-3-2-7-19(21)22-20(15-9-11-16(24)12-10-15)14-27(26-22)17-5-4-6-18(13-17)28(30)23(25)29/h2-14,30H,1H3,(H2,25,29). The molecule has 0 fully saturated rings. The number of benzene rings is 3. The summed E-state index contributed by atoms with van der Waals surface area (Å²) in [5.41, 5.74) is 8.17. The Morgan fingerprint density at radius 2 is 1.73 bits per heavy atom. The van der Waals surface area contributed by atoms with Gasteiger partial charge >= 0.3 is 6.03 Å². The first-order valence-corrected chi connectivity index (χ1v) is 12.0. The largest absolute Gasteiger partial charge is 0.349 e. The van der Waals surface area contributed by atoms with Crippen molar-refractivity contribution in [3.8, 4) is 28.1 Å². The third-order valence-corrected chi connectivity index (χ3v) is 6.37. The van der Waals surface area contributed by atoms with Crippen molar-refractivity contribution in [3.63, 3.8) is 0 Å². The molecule has 4 aromatic rings. The predicted octanol–water partition coefficient (Wildman–Crippen LogP) is 4.54. The van der Waals surface area contributed by atoms with E-state index in [1.54, 1.807) is 48.7 Å². The van der Waals surface area contributed by atoms with Crippen LogP contribution in [0.3, 0.4) is 0 Å². The number of amides is 2. The highest BCUT2D eigenvalue weighted by atomic mass is 35.5. The maximum Gasteiger partial charge on any atom is 0.343 e. The van der Waals surface area contributed by atoms with Gasteiger partial charge in [0.05, 0.1) is 16.3 Å². The molecule has 0 aliphatic rings. The lowest BCUT2D eigenvalue weighted by Gasteiger charge is -2.13. The van der Waals surface area contributed by atoms with E-state index in [1.165, 1.54) is 22.9 Å². The Morgan fingerprint density at radius 1 is 1.03 bits per heavy atom. The molecule has 0 aliphatic heterocycles. The number of hydrogen-bond acceptors (Lipinski definition) is 5. The molecule has 168 valence electrons. The van der Waals surface area contributed by atoms with E-state index in [2.05, 4.69) is 5.10 Å². The van der Waals surface area contributed by atoms with Crippen LogP contribution in [0.2, 0.25) is 5.02 Å². The van der Waals surface area contributed by atoms with Crippen LogP contribution in [0.1, 0.15) is 0 Å². The SMILES string of the molecule is CS(=O)(=O)c1ccccc1-c1nn(-c2cccc(N(O)C(N)=O)c2)cc1-c1ccc(Cl)cc1. The van der Waals surface area contributed by atoms with Crippen molar-refractivity contribution in [1.82, 2.24) is 9.78 Å². The van der Waals surface area contributed by atoms with E-state index in [-0.39, 0.29) is 10.6 Å². The zero-order chi connectivity index (χ0) is 23.8. The Balaban J connectivity index is 1.95. The molecular formula is C23H19ClN4O4S. The molecule has 3 aromatic carbocycles. The summed E-state index contributed by atoms with van der Waals surface area (Å²) in [6.45, 7) is 0. The van der Waals surface area contributed by atoms with Crippen molar-refractivity contribution in [2.24, 2.45) is 5.73 Å². The average Bonchev–Trinajstić information content (AvgIpc) is 3.24. The van der Waals surface area contributed by atoms with E-state index in [9.17, 15) is 18.4 Å². The zero-order valence-electron chi connectivity index (χ0n) is 17.4. The molecule has 3 N–H and O–H groups in total. The van der Waals surface area contributed by atoms with Gasteiger partial charge in [0.1, 0.15) is 5.69 Å². The van der Waals surface area contributed by atoms with Gasteiger partial charge in [0, 0.05) is 28.6 Å². The average molecular weight is 483 g/mol. The lowest BCUT2D eigenvalue weighted by atomic mass is 10.0. The predicted molar refractivity (Wildman–Crippen MR) is 126 cm³/mol. The van der Waals surface area contributed by atoms with Crippen LogP contribution in [0.25, 0.3) is 28.1 Å². The van der Waals surface area contributed by atoms with E-state index in [4.69, 9.17) is 17.3 Å². The summed E-state index contributed by atoms with van der Waals surface area (Å²) in [6.07, 6.45) is 2.89. The molecule has 2 amide bonds. The number of sulfone groups is 1. The van der Waals surface area contributed by atoms with E-state index in [1.807, 2.05) is 12.1 Å². The fourth-order valence-electron chi connectivity index (χ4n) is 3.43. The number of carbonyl (C=O) groups is 1. The van der Waals surface area contributed by atoms with Crippen LogP contribution in [-0.2, 0) is 9.84 Å². The summed E-state index contributed by atoms with van der Waals surface area (Å²) in [6, 6.07) is 19.1. The number of nitrogens with two attached hydrogens (primary N) is 1. The Labute approximate surface area is 195 Å². The van der Waals surface area contributed by atoms with Gasteiger partial charge in [-0.25, -0.2) is 17.9 Å². The lowest BCUT2D eigenvalue weighted by molar-refractivity contribution is 0.212. The molecule has 0 spiro atoms. The minimum absolute atomic E-state index is 0.148. The van der Waals surface area contributed by atoms with Gasteiger partial charge in [-0.2, -0.15) is 10.2 Å². The van der Waals surface area contributed by atoms with Crippen LogP contribution in [-0.4, -0.2) is 35.7 Å². The number of halogens is 1. The van der Waals surface area contributed by atoms with Crippen molar-refractivity contribution < 1.29 is 18.4 Å². The first-order chi connectivity index (χ1) is 15.6. The topological polar surface area (TPSA) is 119 Å². The summed E-state index contributed by atoms with van der Waals surface area (Å²) < 4.78 is 26.4. The zero-order valence-corrected chi connectivity index (χ0v) is 19.0. The second-order valence-electron chi connectivity index (χ2n) is 7.28. The number of aromatic nitrogens is 2. The van der Waals surface area contributed by atoms with Gasteiger partial charge < -0.3 is 5.73 Å². The van der Waals surface area contributed by atoms with E-state index in [0.717, 1.165) is 11.8 Å². The molecule has 0 unspecified atom stereocenters. The maximum atomic E-state index is 12.5. The first-order valence-electron chi connectivity index (χ1n) is 9.69. The summed E-state index contributed by atoms with van der Waals surface area (Å²) in [5, 5.41) is 15.4. The van der Waals surface area contributed by atoms with Crippen molar-refractivity contribution in [2.45, 2.75) is 4.90 Å². The first kappa shape index (κ1) is 22.5. The molecule has 0 saturated heterocycles. The third kappa shape index (κ3) is 4.61. The van der Waals surface area contributed by atoms with Gasteiger partial charge in [-0.3, -0.25) is 5.21 Å². The van der Waals surface area contributed by atoms with Crippen molar-refractivity contribution in [2.75, 3.05) is 11.3 Å². The Bertz CT molecular complexity index is 1450. The van der Waals surface area contributed by atoms with Crippen LogP contribution >= 0.6 is 11.6 Å². The van der Waals surface area contributed by atoms with Crippen molar-refractivity contribution >= 4 is 33.2 Å². The minimum Gasteiger partial charge on any atom is -0.349 e. The monoisotopic (exact) mass is 482 g/mol. The molecule has 10 heteroatoms. The number of anilines is 1. The summed E-state index contributed by atoms with van der Waals surface area (Å²) in [5.74, 6) is 0. The number of rotatable bonds is 5. The van der Waals surface area contributed by atoms with Crippen LogP contribution < -0.4 is 10.8 Å². The highest BCUT2D eigenvalue weighted by Crippen LogP contribution is 2.36. The normalized spacial score (nSPS) is 11.4. The molecule has 0 atom stereocenters. The maximum absolute atomic E-state index is 12.5. The third-order valence-electron chi connectivity index (χ3n) is 4.96. The van der Waals surface area contributed by atoms with Gasteiger partial charge in [0.15, 0.2) is 9.84 Å². The number of nitrogens with zero attached hydrogens (tertiary/aromatic N) is 3. The molecule has 33 heavy (non-hydrogen) atoms. The highest BCUT2D eigenvalue weighted by Gasteiger charge is 2.21. The van der Waals surface area contributed by atoms with Crippen LogP contribution in [0.15, 0.2) is 83.9 Å². The van der Waals surface area contributed by atoms with E-state index in [0.29, 0.717) is 32.6 Å². The quantitative estimate of drug-likeness (QED) is 0.320. The molecular weight excluding hydrogens is 464 g/mol. The Morgan fingerprint density at radius 3 is 2.39 bits per heavy atom. The van der Waals surface area contributed by atoms with Gasteiger partial charge in [0.25, 0.3) is 0 Å². The van der Waals surface area contributed by atoms with Crippen LogP contribution in [0, 0.1) is 0 Å². The fourth-order valence-corrected chi connectivity index (χ4v) is 4.44. The van der Waals surface area contributed by atoms with Crippen molar-refractivity contribution in [1.29, 1.82) is 0 Å². The fraction of sp³-hybridized carbons (Fsp3) is 0.0435. The van der Waals surface area contributed by atoms with Gasteiger partial charge in [-0.1, -0.05) is 48.0 Å².